The second-order valence-electron chi connectivity index (χ2n) is 8.83. The Morgan fingerprint density at radius 1 is 1.19 bits per heavy atom. The maximum Gasteiger partial charge on any atom is 0.395 e. The summed E-state index contributed by atoms with van der Waals surface area (Å²) in [6, 6.07) is 5.36. The van der Waals surface area contributed by atoms with Gasteiger partial charge in [0.2, 0.25) is 11.5 Å². The minimum Gasteiger partial charge on any atom is -0.575 e. The van der Waals surface area contributed by atoms with Crippen molar-refractivity contribution in [3.05, 3.63) is 67.8 Å². The molecule has 2 N–H and O–H groups in total. The van der Waals surface area contributed by atoms with Crippen molar-refractivity contribution >= 4 is 26.1 Å². The van der Waals surface area contributed by atoms with Crippen LogP contribution in [-0.4, -0.2) is 63.1 Å². The number of esters is 2. The first-order chi connectivity index (χ1) is 20.4. The number of carboxylic acid groups (broad SMARTS) is 1. The lowest BCUT2D eigenvalue weighted by molar-refractivity contribution is -0.172. The zero-order valence-electron chi connectivity index (χ0n) is 23.0. The molecule has 3 rings (SSSR count). The van der Waals surface area contributed by atoms with Crippen LogP contribution in [0.3, 0.4) is 0 Å². The van der Waals surface area contributed by atoms with Gasteiger partial charge in [-0.2, -0.15) is 0 Å². The van der Waals surface area contributed by atoms with E-state index in [0.29, 0.717) is 0 Å². The molecule has 0 bridgehead atoms. The van der Waals surface area contributed by atoms with E-state index in [-0.39, 0.29) is 24.3 Å². The highest BCUT2D eigenvalue weighted by molar-refractivity contribution is 7.34. The van der Waals surface area contributed by atoms with Gasteiger partial charge in [-0.25, -0.2) is 9.59 Å². The standard InChI is InChI=1S/C24H27N6O12P/c1-4-17(32)39-19-20(40-18(33)5-2)24(28-29-25,41-21(19)30-11-10-16(31)26-23(30)36)12-38-14-8-6-7-9-15(14)42-43(37)27-13(3)22(34)35/h6-11,13,19-21H,4-5,12H2,1-3H3,(H,34,35)(H,26,31,36)/t13-,19+,20-,21+,24+/m0/s1. The highest BCUT2D eigenvalue weighted by Gasteiger charge is 2.61. The Labute approximate surface area is 243 Å². The van der Waals surface area contributed by atoms with Crippen LogP contribution in [0, 0.1) is 0 Å². The van der Waals surface area contributed by atoms with Gasteiger partial charge in [0.25, 0.3) is 5.56 Å². The highest BCUT2D eigenvalue weighted by Crippen LogP contribution is 2.43. The number of hydrogen-bond donors (Lipinski definition) is 2. The van der Waals surface area contributed by atoms with Crippen LogP contribution in [0.15, 0.2) is 56.0 Å². The fourth-order valence-corrected chi connectivity index (χ4v) is 4.50. The van der Waals surface area contributed by atoms with Crippen LogP contribution in [0.4, 0.5) is 0 Å². The quantitative estimate of drug-likeness (QED) is 0.106. The number of carboxylic acids is 1. The van der Waals surface area contributed by atoms with E-state index < -0.39 is 74.1 Å². The average molecular weight is 622 g/mol. The number of benzene rings is 1. The van der Waals surface area contributed by atoms with Crippen molar-refractivity contribution in [2.75, 3.05) is 6.61 Å². The van der Waals surface area contributed by atoms with E-state index in [9.17, 15) is 34.4 Å². The molecule has 0 amide bonds. The maximum atomic E-state index is 12.7. The lowest BCUT2D eigenvalue weighted by Gasteiger charge is -2.30. The molecular weight excluding hydrogens is 595 g/mol. The molecule has 1 aliphatic heterocycles. The van der Waals surface area contributed by atoms with E-state index in [1.165, 1.54) is 45.0 Å². The van der Waals surface area contributed by atoms with Gasteiger partial charge < -0.3 is 28.9 Å². The molecule has 1 aromatic carbocycles. The number of nitrogens with one attached hydrogen (secondary N) is 1. The molecule has 1 aromatic heterocycles. The van der Waals surface area contributed by atoms with Gasteiger partial charge >= 0.3 is 31.8 Å². The molecule has 2 heterocycles. The van der Waals surface area contributed by atoms with Crippen molar-refractivity contribution < 1.29 is 47.9 Å². The van der Waals surface area contributed by atoms with Gasteiger partial charge in [-0.1, -0.05) is 35.8 Å². The number of aromatic nitrogens is 2. The largest absolute Gasteiger partial charge is 0.575 e. The molecule has 18 nitrogen and oxygen atoms in total. The Morgan fingerprint density at radius 3 is 2.44 bits per heavy atom. The highest BCUT2D eigenvalue weighted by atomic mass is 31.1. The summed E-state index contributed by atoms with van der Waals surface area (Å²) in [4.78, 5) is 77.5. The van der Waals surface area contributed by atoms with Crippen molar-refractivity contribution in [3.63, 3.8) is 0 Å². The third kappa shape index (κ3) is 7.96. The van der Waals surface area contributed by atoms with Crippen molar-refractivity contribution in [2.24, 2.45) is 9.86 Å². The summed E-state index contributed by atoms with van der Waals surface area (Å²) >= 11 is 0. The lowest BCUT2D eigenvalue weighted by atomic mass is 10.0. The number of H-pyrrole nitrogens is 1. The summed E-state index contributed by atoms with van der Waals surface area (Å²) in [5, 5.41) is 12.7. The van der Waals surface area contributed by atoms with Crippen LogP contribution < -0.4 is 25.4 Å². The van der Waals surface area contributed by atoms with Gasteiger partial charge in [-0.05, 0) is 24.6 Å². The summed E-state index contributed by atoms with van der Waals surface area (Å²) in [7, 11) is -2.86. The predicted octanol–water partition coefficient (Wildman–Crippen LogP) is 1.50. The Bertz CT molecular complexity index is 1550. The van der Waals surface area contributed by atoms with Crippen LogP contribution >= 0.6 is 8.17 Å². The molecule has 1 aliphatic rings. The van der Waals surface area contributed by atoms with E-state index in [4.69, 9.17) is 28.6 Å². The summed E-state index contributed by atoms with van der Waals surface area (Å²) in [6.07, 6.45) is -4.06. The summed E-state index contributed by atoms with van der Waals surface area (Å²) in [5.74, 6) is -3.18. The van der Waals surface area contributed by atoms with E-state index in [1.807, 2.05) is 4.98 Å². The monoisotopic (exact) mass is 622 g/mol. The van der Waals surface area contributed by atoms with Crippen molar-refractivity contribution in [3.8, 4) is 11.5 Å². The Kier molecular flexibility index (Phi) is 11.0. The molecule has 6 atom stereocenters. The smallest absolute Gasteiger partial charge is 0.395 e. The van der Waals surface area contributed by atoms with E-state index in [1.54, 1.807) is 0 Å². The molecule has 0 aliphatic carbocycles. The number of rotatable bonds is 13. The molecule has 0 radical (unpaired) electrons. The maximum absolute atomic E-state index is 12.7. The molecule has 19 heteroatoms. The molecule has 1 saturated heterocycles. The number of carbonyl (C=O) groups is 3. The third-order valence-electron chi connectivity index (χ3n) is 5.88. The van der Waals surface area contributed by atoms with E-state index >= 15 is 0 Å². The Morgan fingerprint density at radius 2 is 1.84 bits per heavy atom. The zero-order chi connectivity index (χ0) is 31.7. The number of aliphatic carboxylic acids is 1. The fourth-order valence-electron chi connectivity index (χ4n) is 3.76. The van der Waals surface area contributed by atoms with Gasteiger partial charge in [0.05, 0.1) is 0 Å². The molecule has 2 aromatic rings. The first-order valence-corrected chi connectivity index (χ1v) is 13.8. The van der Waals surface area contributed by atoms with Crippen molar-refractivity contribution in [1.29, 1.82) is 0 Å². The van der Waals surface area contributed by atoms with Crippen LogP contribution in [-0.2, 0) is 28.6 Å². The Balaban J connectivity index is 2.08. The molecule has 0 saturated carbocycles. The van der Waals surface area contributed by atoms with Gasteiger partial charge in [0, 0.05) is 30.0 Å². The number of carbonyl (C=O) groups excluding carboxylic acids is 2. The molecular formula is C24H27N6O12P. The van der Waals surface area contributed by atoms with Gasteiger partial charge in [-0.3, -0.25) is 28.5 Å². The van der Waals surface area contributed by atoms with E-state index in [2.05, 4.69) is 14.8 Å². The number of nitrogens with zero attached hydrogens (tertiary/aromatic N) is 5. The Hall–Kier alpha value is -4.76. The number of hydrogen-bond acceptors (Lipinski definition) is 13. The minimum absolute atomic E-state index is 0.104. The molecule has 1 fully saturated rings. The van der Waals surface area contributed by atoms with Gasteiger partial charge in [0.15, 0.2) is 30.2 Å². The van der Waals surface area contributed by atoms with Crippen molar-refractivity contribution in [1.82, 2.24) is 9.55 Å². The van der Waals surface area contributed by atoms with Crippen LogP contribution in [0.2, 0.25) is 0 Å². The second-order valence-corrected chi connectivity index (χ2v) is 9.72. The molecule has 230 valence electrons. The van der Waals surface area contributed by atoms with Crippen molar-refractivity contribution in [2.45, 2.75) is 63.8 Å². The molecule has 43 heavy (non-hydrogen) atoms. The number of ether oxygens (including phenoxy) is 4. The number of aromatic amines is 1. The predicted molar refractivity (Wildman–Crippen MR) is 143 cm³/mol. The summed E-state index contributed by atoms with van der Waals surface area (Å²) < 4.78 is 32.5. The topological polar surface area (TPSA) is 257 Å². The average Bonchev–Trinajstić information content (AvgIpc) is 3.24. The van der Waals surface area contributed by atoms with E-state index in [0.717, 1.165) is 16.8 Å². The van der Waals surface area contributed by atoms with Crippen LogP contribution in [0.1, 0.15) is 39.8 Å². The lowest BCUT2D eigenvalue weighted by Crippen LogP contribution is -2.49. The minimum atomic E-state index is -2.86. The molecule has 0 spiro atoms. The first kappa shape index (κ1) is 32.8. The number of para-hydroxylation sites is 2. The summed E-state index contributed by atoms with van der Waals surface area (Å²) in [6.45, 7) is 3.42. The summed E-state index contributed by atoms with van der Waals surface area (Å²) in [5.41, 5.74) is 5.50. The van der Waals surface area contributed by atoms with Crippen LogP contribution in [0.5, 0.6) is 11.5 Å². The first-order valence-electron chi connectivity index (χ1n) is 12.7. The normalized spacial score (nSPS) is 22.1. The van der Waals surface area contributed by atoms with Gasteiger partial charge in [-0.15, -0.1) is 0 Å². The second kappa shape index (κ2) is 14.4. The SMILES string of the molecule is CCC(=O)O[C@H]1[C@H](n2ccc(=O)[nH]c2=O)O[C@@](COc2ccccc2O[P+]([O-])=N[C@@H](C)C(=O)O)(N=[N+]=[N-])[C@H]1OC(=O)CC. The van der Waals surface area contributed by atoms with Gasteiger partial charge in [0.1, 0.15) is 6.61 Å². The number of azide groups is 1. The molecule has 1 unspecified atom stereocenters. The van der Waals surface area contributed by atoms with Crippen LogP contribution in [0.25, 0.3) is 10.4 Å². The fraction of sp³-hybridized carbons (Fsp3) is 0.458. The zero-order valence-corrected chi connectivity index (χ0v) is 23.9. The third-order valence-corrected chi connectivity index (χ3v) is 6.76.